The normalized spacial score (nSPS) is 18.3. The molecule has 4 rings (SSSR count). The number of amides is 1. The van der Waals surface area contributed by atoms with Gasteiger partial charge in [-0.3, -0.25) is 4.79 Å². The maximum atomic E-state index is 12.3. The summed E-state index contributed by atoms with van der Waals surface area (Å²) in [7, 11) is 0. The molecule has 2 atom stereocenters. The van der Waals surface area contributed by atoms with E-state index in [-0.39, 0.29) is 5.91 Å². The van der Waals surface area contributed by atoms with Crippen molar-refractivity contribution >= 4 is 17.2 Å². The van der Waals surface area contributed by atoms with Gasteiger partial charge in [0.1, 0.15) is 0 Å². The number of hydrogen-bond acceptors (Lipinski definition) is 3. The lowest BCUT2D eigenvalue weighted by molar-refractivity contribution is 0.0951. The van der Waals surface area contributed by atoms with E-state index in [1.54, 1.807) is 0 Å². The largest absolute Gasteiger partial charge is 0.348 e. The molecular formula is C23H24N2OS. The molecule has 0 radical (unpaired) electrons. The predicted molar refractivity (Wildman–Crippen MR) is 111 cm³/mol. The minimum Gasteiger partial charge on any atom is -0.348 e. The molecule has 0 saturated heterocycles. The van der Waals surface area contributed by atoms with Gasteiger partial charge in [-0.15, -0.1) is 11.3 Å². The fourth-order valence-electron chi connectivity index (χ4n) is 3.36. The van der Waals surface area contributed by atoms with E-state index in [1.165, 1.54) is 21.7 Å². The van der Waals surface area contributed by atoms with Gasteiger partial charge in [0.2, 0.25) is 0 Å². The minimum atomic E-state index is -0.0241. The Kier molecular flexibility index (Phi) is 5.37. The lowest BCUT2D eigenvalue weighted by atomic mass is 10.1. The number of carbonyl (C=O) groups is 1. The highest BCUT2D eigenvalue weighted by Gasteiger charge is 2.37. The summed E-state index contributed by atoms with van der Waals surface area (Å²) in [6, 6.07) is 23.0. The number of carbonyl (C=O) groups excluding carboxylic acids is 1. The number of nitrogens with one attached hydrogen (secondary N) is 2. The van der Waals surface area contributed by atoms with Crippen molar-refractivity contribution in [1.29, 1.82) is 0 Å². The molecule has 1 amide bonds. The van der Waals surface area contributed by atoms with Gasteiger partial charge in [-0.1, -0.05) is 42.5 Å². The third-order valence-corrected chi connectivity index (χ3v) is 6.02. The molecular weight excluding hydrogens is 352 g/mol. The van der Waals surface area contributed by atoms with Crippen LogP contribution in [0.3, 0.4) is 0 Å². The Bertz CT molecular complexity index is 902. The van der Waals surface area contributed by atoms with E-state index in [0.717, 1.165) is 12.1 Å². The first-order valence-corrected chi connectivity index (χ1v) is 10.2. The van der Waals surface area contributed by atoms with E-state index in [9.17, 15) is 4.79 Å². The summed E-state index contributed by atoms with van der Waals surface area (Å²) in [5.41, 5.74) is 3.14. The van der Waals surface area contributed by atoms with E-state index in [0.29, 0.717) is 24.1 Å². The molecule has 0 aliphatic heterocycles. The molecule has 1 fully saturated rings. The fraction of sp³-hybridized carbons (Fsp3) is 0.261. The van der Waals surface area contributed by atoms with Gasteiger partial charge >= 0.3 is 0 Å². The minimum absolute atomic E-state index is 0.0241. The molecule has 1 aromatic heterocycles. The van der Waals surface area contributed by atoms with Crippen molar-refractivity contribution in [2.75, 3.05) is 0 Å². The van der Waals surface area contributed by atoms with Crippen LogP contribution in [0.1, 0.15) is 43.6 Å². The number of hydrogen-bond donors (Lipinski definition) is 2. The third kappa shape index (κ3) is 4.65. The summed E-state index contributed by atoms with van der Waals surface area (Å²) in [6.45, 7) is 3.64. The Morgan fingerprint density at radius 1 is 1.00 bits per heavy atom. The fourth-order valence-corrected chi connectivity index (χ4v) is 4.20. The Morgan fingerprint density at radius 2 is 1.78 bits per heavy atom. The van der Waals surface area contributed by atoms with Gasteiger partial charge in [0.25, 0.3) is 5.91 Å². The molecule has 138 valence electrons. The first-order chi connectivity index (χ1) is 13.2. The second kappa shape index (κ2) is 8.07. The first-order valence-electron chi connectivity index (χ1n) is 9.40. The van der Waals surface area contributed by atoms with Gasteiger partial charge in [-0.2, -0.15) is 0 Å². The molecule has 2 aromatic carbocycles. The second-order valence-corrected chi connectivity index (χ2v) is 8.50. The summed E-state index contributed by atoms with van der Waals surface area (Å²) in [5.74, 6) is 0.538. The molecule has 1 aliphatic rings. The molecule has 1 heterocycles. The molecule has 3 aromatic rings. The maximum absolute atomic E-state index is 12.3. The van der Waals surface area contributed by atoms with Crippen molar-refractivity contribution in [3.05, 3.63) is 93.2 Å². The smallest absolute Gasteiger partial charge is 0.251 e. The zero-order valence-electron chi connectivity index (χ0n) is 15.4. The van der Waals surface area contributed by atoms with Crippen molar-refractivity contribution in [1.82, 2.24) is 10.6 Å². The molecule has 0 spiro atoms. The van der Waals surface area contributed by atoms with Crippen LogP contribution in [-0.2, 0) is 13.1 Å². The van der Waals surface area contributed by atoms with Crippen molar-refractivity contribution in [3.8, 4) is 0 Å². The predicted octanol–water partition coefficient (Wildman–Crippen LogP) is 4.63. The summed E-state index contributed by atoms with van der Waals surface area (Å²) >= 11 is 1.86. The van der Waals surface area contributed by atoms with Crippen LogP contribution in [0.15, 0.2) is 66.7 Å². The van der Waals surface area contributed by atoms with E-state index < -0.39 is 0 Å². The second-order valence-electron chi connectivity index (χ2n) is 7.13. The molecule has 1 saturated carbocycles. The SMILES string of the molecule is Cc1ccc(CN[C@@H]2C[C@H]2c2ccc(C(=O)NCc3ccccc3)cc2)s1. The lowest BCUT2D eigenvalue weighted by Gasteiger charge is -2.07. The topological polar surface area (TPSA) is 41.1 Å². The van der Waals surface area contributed by atoms with Gasteiger partial charge in [0.05, 0.1) is 0 Å². The van der Waals surface area contributed by atoms with Crippen LogP contribution in [-0.4, -0.2) is 11.9 Å². The van der Waals surface area contributed by atoms with Crippen molar-refractivity contribution in [2.45, 2.75) is 38.4 Å². The van der Waals surface area contributed by atoms with Gasteiger partial charge in [0, 0.05) is 40.4 Å². The van der Waals surface area contributed by atoms with Crippen molar-refractivity contribution < 1.29 is 4.79 Å². The first kappa shape index (κ1) is 18.0. The Balaban J connectivity index is 1.27. The molecule has 0 bridgehead atoms. The van der Waals surface area contributed by atoms with Gasteiger partial charge in [-0.25, -0.2) is 0 Å². The van der Waals surface area contributed by atoms with Crippen LogP contribution in [0.2, 0.25) is 0 Å². The van der Waals surface area contributed by atoms with Crippen molar-refractivity contribution in [2.24, 2.45) is 0 Å². The summed E-state index contributed by atoms with van der Waals surface area (Å²) in [6.07, 6.45) is 1.17. The highest BCUT2D eigenvalue weighted by atomic mass is 32.1. The van der Waals surface area contributed by atoms with Crippen LogP contribution in [0.5, 0.6) is 0 Å². The molecule has 27 heavy (non-hydrogen) atoms. The molecule has 4 heteroatoms. The summed E-state index contributed by atoms with van der Waals surface area (Å²) in [5, 5.41) is 6.62. The van der Waals surface area contributed by atoms with Gasteiger partial charge in [0.15, 0.2) is 0 Å². The summed E-state index contributed by atoms with van der Waals surface area (Å²) < 4.78 is 0. The lowest BCUT2D eigenvalue weighted by Crippen LogP contribution is -2.22. The van der Waals surface area contributed by atoms with E-state index in [4.69, 9.17) is 0 Å². The van der Waals surface area contributed by atoms with Crippen LogP contribution < -0.4 is 10.6 Å². The summed E-state index contributed by atoms with van der Waals surface area (Å²) in [4.78, 5) is 15.1. The van der Waals surface area contributed by atoms with Crippen LogP contribution in [0.4, 0.5) is 0 Å². The van der Waals surface area contributed by atoms with Crippen LogP contribution in [0.25, 0.3) is 0 Å². The maximum Gasteiger partial charge on any atom is 0.251 e. The Hall–Kier alpha value is -2.43. The number of benzene rings is 2. The Morgan fingerprint density at radius 3 is 2.48 bits per heavy atom. The van der Waals surface area contributed by atoms with Gasteiger partial charge in [-0.05, 0) is 48.7 Å². The number of aryl methyl sites for hydroxylation is 1. The molecule has 2 N–H and O–H groups in total. The van der Waals surface area contributed by atoms with Crippen LogP contribution in [0, 0.1) is 6.92 Å². The zero-order chi connectivity index (χ0) is 18.6. The monoisotopic (exact) mass is 376 g/mol. The Labute approximate surface area is 164 Å². The molecule has 0 unspecified atom stereocenters. The average Bonchev–Trinajstić information content (AvgIpc) is 3.37. The standard InChI is InChI=1S/C23H24N2OS/c1-16-7-12-20(27-16)15-24-22-13-21(22)18-8-10-19(11-9-18)23(26)25-14-17-5-3-2-4-6-17/h2-12,21-22,24H,13-15H2,1H3,(H,25,26)/t21-,22+/m0/s1. The highest BCUT2D eigenvalue weighted by Crippen LogP contribution is 2.41. The third-order valence-electron chi connectivity index (χ3n) is 5.02. The highest BCUT2D eigenvalue weighted by molar-refractivity contribution is 7.11. The van der Waals surface area contributed by atoms with E-state index >= 15 is 0 Å². The molecule has 3 nitrogen and oxygen atoms in total. The molecule has 1 aliphatic carbocycles. The van der Waals surface area contributed by atoms with Crippen molar-refractivity contribution in [3.63, 3.8) is 0 Å². The van der Waals surface area contributed by atoms with Crippen LogP contribution >= 0.6 is 11.3 Å². The van der Waals surface area contributed by atoms with E-state index in [1.807, 2.05) is 53.8 Å². The van der Waals surface area contributed by atoms with E-state index in [2.05, 4.69) is 41.8 Å². The number of rotatable bonds is 7. The van der Waals surface area contributed by atoms with Gasteiger partial charge < -0.3 is 10.6 Å². The number of thiophene rings is 1. The zero-order valence-corrected chi connectivity index (χ0v) is 16.3. The quantitative estimate of drug-likeness (QED) is 0.631. The average molecular weight is 377 g/mol.